The van der Waals surface area contributed by atoms with Crippen molar-refractivity contribution in [2.24, 2.45) is 5.92 Å². The summed E-state index contributed by atoms with van der Waals surface area (Å²) in [5.41, 5.74) is 0.334. The van der Waals surface area contributed by atoms with Crippen molar-refractivity contribution in [1.82, 2.24) is 19.7 Å². The predicted molar refractivity (Wildman–Crippen MR) is 116 cm³/mol. The zero-order chi connectivity index (χ0) is 21.8. The summed E-state index contributed by atoms with van der Waals surface area (Å²) >= 11 is 0. The van der Waals surface area contributed by atoms with Crippen molar-refractivity contribution in [2.75, 3.05) is 20.1 Å². The van der Waals surface area contributed by atoms with Gasteiger partial charge in [-0.1, -0.05) is 5.16 Å². The minimum absolute atomic E-state index is 0.0119. The van der Waals surface area contributed by atoms with Gasteiger partial charge in [-0.15, -0.1) is 0 Å². The van der Waals surface area contributed by atoms with Crippen LogP contribution < -0.4 is 5.32 Å². The molecule has 1 saturated carbocycles. The first-order valence-electron chi connectivity index (χ1n) is 11.8. The number of piperidine rings is 2. The lowest BCUT2D eigenvalue weighted by Crippen LogP contribution is -2.55. The van der Waals surface area contributed by atoms with Gasteiger partial charge in [0.15, 0.2) is 5.69 Å². The second kappa shape index (κ2) is 8.15. The Morgan fingerprint density at radius 2 is 1.77 bits per heavy atom. The fourth-order valence-electron chi connectivity index (χ4n) is 5.82. The first kappa shape index (κ1) is 21.4. The van der Waals surface area contributed by atoms with E-state index >= 15 is 0 Å². The number of aromatic nitrogens is 1. The molecule has 4 aliphatic rings. The van der Waals surface area contributed by atoms with Gasteiger partial charge in [-0.2, -0.15) is 4.31 Å². The van der Waals surface area contributed by atoms with Crippen molar-refractivity contribution in [3.8, 4) is 0 Å². The fourth-order valence-corrected chi connectivity index (χ4v) is 8.17. The number of carbonyl (C=O) groups is 1. The molecule has 4 fully saturated rings. The fraction of sp³-hybridized carbons (Fsp3) is 0.818. The molecule has 1 aromatic rings. The molecular formula is C22H34N4O4S. The van der Waals surface area contributed by atoms with Crippen molar-refractivity contribution in [1.29, 1.82) is 0 Å². The average Bonchev–Trinajstić information content (AvgIpc) is 3.40. The quantitative estimate of drug-likeness (QED) is 0.715. The van der Waals surface area contributed by atoms with E-state index in [1.54, 1.807) is 6.07 Å². The summed E-state index contributed by atoms with van der Waals surface area (Å²) < 4.78 is 34.2. The number of carbonyl (C=O) groups excluding carboxylic acids is 1. The topological polar surface area (TPSA) is 95.8 Å². The van der Waals surface area contributed by atoms with E-state index in [9.17, 15) is 13.2 Å². The Hall–Kier alpha value is -1.45. The Morgan fingerprint density at radius 3 is 2.39 bits per heavy atom. The number of rotatable bonds is 6. The molecular weight excluding hydrogens is 416 g/mol. The summed E-state index contributed by atoms with van der Waals surface area (Å²) in [5.74, 6) is 1.24. The van der Waals surface area contributed by atoms with E-state index in [0.717, 1.165) is 57.4 Å². The maximum absolute atomic E-state index is 13.6. The van der Waals surface area contributed by atoms with E-state index in [4.69, 9.17) is 4.52 Å². The lowest BCUT2D eigenvalue weighted by molar-refractivity contribution is 0.0899. The highest BCUT2D eigenvalue weighted by atomic mass is 32.2. The van der Waals surface area contributed by atoms with Crippen LogP contribution in [0.15, 0.2) is 10.6 Å². The number of hydrogen-bond acceptors (Lipinski definition) is 6. The number of nitrogens with zero attached hydrogens (tertiary/aromatic N) is 3. The van der Waals surface area contributed by atoms with Crippen molar-refractivity contribution in [3.63, 3.8) is 0 Å². The van der Waals surface area contributed by atoms with Crippen LogP contribution in [0.5, 0.6) is 0 Å². The molecule has 1 aliphatic carbocycles. The molecule has 5 rings (SSSR count). The standard InChI is InChI=1S/C22H34N4O4S/c1-14(15-7-9-25(2)10-8-15)31(28,29)26-18-5-6-19(26)12-17(11-18)23-22(27)20-13-21(30-24-20)16-3-4-16/h13-19H,3-12H2,1-2H3,(H,23,27)/t14-,17?,18-,19+/m0/s1. The van der Waals surface area contributed by atoms with Crippen LogP contribution in [-0.2, 0) is 10.0 Å². The van der Waals surface area contributed by atoms with Gasteiger partial charge >= 0.3 is 0 Å². The van der Waals surface area contributed by atoms with Crippen LogP contribution in [0.2, 0.25) is 0 Å². The Bertz CT molecular complexity index is 906. The van der Waals surface area contributed by atoms with Crippen molar-refractivity contribution in [3.05, 3.63) is 17.5 Å². The average molecular weight is 451 g/mol. The molecule has 1 amide bonds. The van der Waals surface area contributed by atoms with Crippen molar-refractivity contribution < 1.29 is 17.7 Å². The van der Waals surface area contributed by atoms with Gasteiger partial charge in [-0.3, -0.25) is 4.79 Å². The summed E-state index contributed by atoms with van der Waals surface area (Å²) in [5, 5.41) is 6.68. The second-order valence-corrected chi connectivity index (χ2v) is 12.3. The third kappa shape index (κ3) is 4.16. The van der Waals surface area contributed by atoms with Crippen LogP contribution in [0.3, 0.4) is 0 Å². The van der Waals surface area contributed by atoms with Crippen LogP contribution >= 0.6 is 0 Å². The van der Waals surface area contributed by atoms with Gasteiger partial charge in [0.25, 0.3) is 5.91 Å². The molecule has 8 nitrogen and oxygen atoms in total. The Kier molecular flexibility index (Phi) is 5.63. The SMILES string of the molecule is C[C@@H](C1CCN(C)CC1)S(=O)(=O)N1[C@@H]2CC[C@H]1CC(NC(=O)c1cc(C3CC3)on1)C2. The number of amides is 1. The minimum Gasteiger partial charge on any atom is -0.360 e. The molecule has 4 atom stereocenters. The van der Waals surface area contributed by atoms with Crippen LogP contribution in [0.4, 0.5) is 0 Å². The summed E-state index contributed by atoms with van der Waals surface area (Å²) in [6.45, 7) is 3.84. The number of likely N-dealkylation sites (tertiary alicyclic amines) is 1. The molecule has 3 saturated heterocycles. The van der Waals surface area contributed by atoms with Gasteiger partial charge in [0.2, 0.25) is 10.0 Å². The van der Waals surface area contributed by atoms with Gasteiger partial charge in [0.05, 0.1) is 5.25 Å². The summed E-state index contributed by atoms with van der Waals surface area (Å²) in [6.07, 6.45) is 7.20. The Labute approximate surface area is 184 Å². The predicted octanol–water partition coefficient (Wildman–Crippen LogP) is 2.34. The highest BCUT2D eigenvalue weighted by molar-refractivity contribution is 7.89. The maximum atomic E-state index is 13.6. The van der Waals surface area contributed by atoms with Crippen molar-refractivity contribution >= 4 is 15.9 Å². The van der Waals surface area contributed by atoms with E-state index in [1.807, 2.05) is 11.2 Å². The molecule has 4 heterocycles. The molecule has 1 unspecified atom stereocenters. The molecule has 1 N–H and O–H groups in total. The van der Waals surface area contributed by atoms with Gasteiger partial charge in [-0.05, 0) is 84.3 Å². The van der Waals surface area contributed by atoms with Gasteiger partial charge in [0, 0.05) is 30.1 Å². The third-order valence-corrected chi connectivity index (χ3v) is 10.4. The van der Waals surface area contributed by atoms with Crippen LogP contribution in [-0.4, -0.2) is 72.2 Å². The Balaban J connectivity index is 1.22. The molecule has 0 aromatic carbocycles. The molecule has 0 radical (unpaired) electrons. The molecule has 1 aromatic heterocycles. The van der Waals surface area contributed by atoms with E-state index in [0.29, 0.717) is 24.5 Å². The first-order valence-corrected chi connectivity index (χ1v) is 13.3. The summed E-state index contributed by atoms with van der Waals surface area (Å²) in [7, 11) is -1.25. The van der Waals surface area contributed by atoms with E-state index in [-0.39, 0.29) is 35.2 Å². The highest BCUT2D eigenvalue weighted by Gasteiger charge is 2.49. The second-order valence-electron chi connectivity index (χ2n) is 10.1. The Morgan fingerprint density at radius 1 is 1.13 bits per heavy atom. The number of hydrogen-bond donors (Lipinski definition) is 1. The molecule has 31 heavy (non-hydrogen) atoms. The normalized spacial score (nSPS) is 31.6. The van der Waals surface area contributed by atoms with Crippen LogP contribution in [0.1, 0.15) is 80.5 Å². The van der Waals surface area contributed by atoms with Crippen molar-refractivity contribution in [2.45, 2.75) is 87.6 Å². The first-order chi connectivity index (χ1) is 14.8. The molecule has 2 bridgehead atoms. The number of nitrogens with one attached hydrogen (secondary N) is 1. The smallest absolute Gasteiger partial charge is 0.273 e. The van der Waals surface area contributed by atoms with Gasteiger partial charge in [-0.25, -0.2) is 8.42 Å². The van der Waals surface area contributed by atoms with Gasteiger partial charge in [0.1, 0.15) is 5.76 Å². The number of fused-ring (bicyclic) bond motifs is 2. The van der Waals surface area contributed by atoms with E-state index in [1.165, 1.54) is 0 Å². The lowest BCUT2D eigenvalue weighted by atomic mass is 9.94. The third-order valence-electron chi connectivity index (χ3n) is 7.93. The summed E-state index contributed by atoms with van der Waals surface area (Å²) in [4.78, 5) is 14.9. The molecule has 0 spiro atoms. The monoisotopic (exact) mass is 450 g/mol. The number of sulfonamides is 1. The lowest BCUT2D eigenvalue weighted by Gasteiger charge is -2.41. The molecule has 172 valence electrons. The molecule has 9 heteroatoms. The van der Waals surface area contributed by atoms with E-state index < -0.39 is 10.0 Å². The van der Waals surface area contributed by atoms with Gasteiger partial charge < -0.3 is 14.7 Å². The minimum atomic E-state index is -3.34. The largest absolute Gasteiger partial charge is 0.360 e. The van der Waals surface area contributed by atoms with Crippen LogP contribution in [0.25, 0.3) is 0 Å². The maximum Gasteiger partial charge on any atom is 0.273 e. The molecule has 3 aliphatic heterocycles. The summed E-state index contributed by atoms with van der Waals surface area (Å²) in [6, 6.07) is 1.71. The zero-order valence-corrected chi connectivity index (χ0v) is 19.3. The van der Waals surface area contributed by atoms with Crippen LogP contribution in [0, 0.1) is 5.92 Å². The zero-order valence-electron chi connectivity index (χ0n) is 18.5. The van der Waals surface area contributed by atoms with E-state index in [2.05, 4.69) is 22.4 Å². The highest BCUT2D eigenvalue weighted by Crippen LogP contribution is 2.41.